The molecular weight excluding hydrogens is 524 g/mol. The molecule has 1 aliphatic heterocycles. The summed E-state index contributed by atoms with van der Waals surface area (Å²) in [5.74, 6) is -0.358. The zero-order chi connectivity index (χ0) is 29.7. The van der Waals surface area contributed by atoms with E-state index in [1.165, 1.54) is 13.8 Å². The van der Waals surface area contributed by atoms with Gasteiger partial charge in [0.2, 0.25) is 0 Å². The molecule has 0 spiro atoms. The maximum absolute atomic E-state index is 12.8. The molecule has 8 heteroatoms. The lowest BCUT2D eigenvalue weighted by atomic mass is 9.42. The van der Waals surface area contributed by atoms with E-state index in [2.05, 4.69) is 47.7 Å². The van der Waals surface area contributed by atoms with Crippen LogP contribution in [-0.2, 0) is 33.0 Å². The average molecular weight is 579 g/mol. The third-order valence-corrected chi connectivity index (χ3v) is 16.9. The van der Waals surface area contributed by atoms with Crippen molar-refractivity contribution in [2.45, 2.75) is 161 Å². The minimum atomic E-state index is -1.94. The van der Waals surface area contributed by atoms with Crippen LogP contribution in [0, 0.1) is 28.6 Å². The molecule has 0 aromatic rings. The first-order valence-electron chi connectivity index (χ1n) is 15.7. The van der Waals surface area contributed by atoms with E-state index in [1.54, 1.807) is 0 Å². The van der Waals surface area contributed by atoms with Crippen LogP contribution in [0.15, 0.2) is 0 Å². The second-order valence-corrected chi connectivity index (χ2v) is 20.9. The number of carbonyl (C=O) groups is 2. The van der Waals surface area contributed by atoms with Gasteiger partial charge < -0.3 is 23.4 Å². The third-order valence-electron chi connectivity index (χ3n) is 12.4. The van der Waals surface area contributed by atoms with Gasteiger partial charge in [-0.3, -0.25) is 9.59 Å². The molecule has 7 nitrogen and oxygen atoms in total. The molecule has 0 aromatic heterocycles. The van der Waals surface area contributed by atoms with Crippen LogP contribution in [-0.4, -0.2) is 56.1 Å². The Bertz CT molecular complexity index is 1030. The lowest BCUT2D eigenvalue weighted by molar-refractivity contribution is -0.284. The van der Waals surface area contributed by atoms with Gasteiger partial charge in [-0.1, -0.05) is 34.6 Å². The third kappa shape index (κ3) is 4.53. The number of hydrogen-bond acceptors (Lipinski definition) is 7. The lowest BCUT2D eigenvalue weighted by Gasteiger charge is -2.67. The molecular formula is C32H54O7Si. The molecule has 1 heterocycles. The van der Waals surface area contributed by atoms with Crippen molar-refractivity contribution in [1.29, 1.82) is 0 Å². The zero-order valence-corrected chi connectivity index (χ0v) is 27.8. The number of esters is 2. The molecule has 4 saturated carbocycles. The van der Waals surface area contributed by atoms with Crippen molar-refractivity contribution in [1.82, 2.24) is 0 Å². The summed E-state index contributed by atoms with van der Waals surface area (Å²) in [6.07, 6.45) is 5.71. The summed E-state index contributed by atoms with van der Waals surface area (Å²) < 4.78 is 33.0. The van der Waals surface area contributed by atoms with Crippen LogP contribution in [0.25, 0.3) is 0 Å². The molecule has 0 bridgehead atoms. The van der Waals surface area contributed by atoms with Crippen molar-refractivity contribution in [2.75, 3.05) is 0 Å². The summed E-state index contributed by atoms with van der Waals surface area (Å²) in [5.41, 5.74) is -1.16. The van der Waals surface area contributed by atoms with Crippen molar-refractivity contribution in [3.8, 4) is 0 Å². The predicted octanol–water partition coefficient (Wildman–Crippen LogP) is 6.78. The average Bonchev–Trinajstić information content (AvgIpc) is 3.29. The van der Waals surface area contributed by atoms with Gasteiger partial charge in [0.1, 0.15) is 17.8 Å². The smallest absolute Gasteiger partial charge is 0.303 e. The van der Waals surface area contributed by atoms with E-state index in [-0.39, 0.29) is 52.0 Å². The lowest BCUT2D eigenvalue weighted by Crippen LogP contribution is -2.74. The molecule has 1 saturated heterocycles. The molecule has 0 N–H and O–H groups in total. The van der Waals surface area contributed by atoms with Crippen molar-refractivity contribution >= 4 is 20.3 Å². The predicted molar refractivity (Wildman–Crippen MR) is 155 cm³/mol. The summed E-state index contributed by atoms with van der Waals surface area (Å²) in [7, 11) is -1.94. The van der Waals surface area contributed by atoms with Gasteiger partial charge in [0.15, 0.2) is 14.1 Å². The molecule has 5 fully saturated rings. The number of rotatable bonds is 4. The molecule has 5 rings (SSSR count). The van der Waals surface area contributed by atoms with Crippen LogP contribution in [0.4, 0.5) is 0 Å². The zero-order valence-electron chi connectivity index (χ0n) is 26.8. The van der Waals surface area contributed by atoms with E-state index < -0.39 is 25.8 Å². The van der Waals surface area contributed by atoms with Crippen molar-refractivity contribution in [3.63, 3.8) is 0 Å². The Labute approximate surface area is 242 Å². The number of hydrogen-bond donors (Lipinski definition) is 0. The number of carbonyl (C=O) groups excluding carboxylic acids is 2. The maximum Gasteiger partial charge on any atom is 0.303 e. The fraction of sp³-hybridized carbons (Fsp3) is 0.938. The monoisotopic (exact) mass is 578 g/mol. The van der Waals surface area contributed by atoms with E-state index in [9.17, 15) is 9.59 Å². The molecule has 228 valence electrons. The highest BCUT2D eigenvalue weighted by Crippen LogP contribution is 2.71. The van der Waals surface area contributed by atoms with E-state index >= 15 is 0 Å². The second kappa shape index (κ2) is 9.52. The summed E-state index contributed by atoms with van der Waals surface area (Å²) >= 11 is 0. The van der Waals surface area contributed by atoms with Gasteiger partial charge in [-0.2, -0.15) is 0 Å². The minimum absolute atomic E-state index is 0.0735. The summed E-state index contributed by atoms with van der Waals surface area (Å²) in [5, 5.41) is 0.165. The first kappa shape index (κ1) is 30.5. The Morgan fingerprint density at radius 3 is 2.15 bits per heavy atom. The van der Waals surface area contributed by atoms with Gasteiger partial charge in [-0.15, -0.1) is 0 Å². The normalized spacial score (nSPS) is 46.0. The summed E-state index contributed by atoms with van der Waals surface area (Å²) in [6.45, 7) is 23.4. The van der Waals surface area contributed by atoms with E-state index in [0.717, 1.165) is 38.5 Å². The highest BCUT2D eigenvalue weighted by molar-refractivity contribution is 6.74. The molecule has 40 heavy (non-hydrogen) atoms. The SMILES string of the molecule is CC(=O)OC1CC[C@]2(C)C3CC[C@@]4(C)C(CC[C@@H]4O[Si](C)(C)C(C)(C)C)C3[C@H]3OC(C)(C)O[C@@H]3C2(OC(C)=O)C1. The van der Waals surface area contributed by atoms with Gasteiger partial charge >= 0.3 is 11.9 Å². The Balaban J connectivity index is 1.56. The molecule has 4 aliphatic carbocycles. The standard InChI is InChI=1S/C32H54O7Si/c1-19(33)35-21-14-17-31(9)23-15-16-30(8)22(12-13-24(30)39-40(10,11)28(3,4)5)25(23)26-27(38-29(6,7)37-26)32(31,18-21)36-20(2)34/h21-27H,12-18H2,1-11H3/t21?,22?,23?,24-,25?,26+,27-,30-,31+,32?/m0/s1. The molecule has 5 aliphatic rings. The quantitative estimate of drug-likeness (QED) is 0.269. The van der Waals surface area contributed by atoms with Gasteiger partial charge in [-0.25, -0.2) is 0 Å². The second-order valence-electron chi connectivity index (χ2n) is 16.2. The first-order valence-corrected chi connectivity index (χ1v) is 18.6. The van der Waals surface area contributed by atoms with Gasteiger partial charge in [0.05, 0.1) is 12.2 Å². The van der Waals surface area contributed by atoms with E-state index in [0.29, 0.717) is 18.3 Å². The van der Waals surface area contributed by atoms with Gasteiger partial charge in [0.25, 0.3) is 0 Å². The topological polar surface area (TPSA) is 80.3 Å². The molecule has 0 amide bonds. The van der Waals surface area contributed by atoms with Crippen LogP contribution in [0.3, 0.4) is 0 Å². The Morgan fingerprint density at radius 1 is 0.875 bits per heavy atom. The Hall–Kier alpha value is -0.963. The fourth-order valence-electron chi connectivity index (χ4n) is 9.60. The molecule has 5 unspecified atom stereocenters. The molecule has 10 atom stereocenters. The largest absolute Gasteiger partial charge is 0.462 e. The fourth-order valence-corrected chi connectivity index (χ4v) is 11.1. The van der Waals surface area contributed by atoms with Crippen LogP contribution in [0.5, 0.6) is 0 Å². The van der Waals surface area contributed by atoms with Crippen molar-refractivity contribution in [3.05, 3.63) is 0 Å². The van der Waals surface area contributed by atoms with Crippen molar-refractivity contribution in [2.24, 2.45) is 28.6 Å². The highest BCUT2D eigenvalue weighted by atomic mass is 28.4. The van der Waals surface area contributed by atoms with Crippen LogP contribution in [0.2, 0.25) is 18.1 Å². The van der Waals surface area contributed by atoms with E-state index in [1.807, 2.05) is 13.8 Å². The van der Waals surface area contributed by atoms with Gasteiger partial charge in [0, 0.05) is 25.7 Å². The van der Waals surface area contributed by atoms with Gasteiger partial charge in [-0.05, 0) is 93.7 Å². The first-order chi connectivity index (χ1) is 18.3. The van der Waals surface area contributed by atoms with Crippen LogP contribution >= 0.6 is 0 Å². The molecule has 0 radical (unpaired) electrons. The number of ether oxygens (including phenoxy) is 4. The number of fused-ring (bicyclic) bond motifs is 8. The minimum Gasteiger partial charge on any atom is -0.462 e. The Kier molecular flexibility index (Phi) is 7.26. The van der Waals surface area contributed by atoms with E-state index in [4.69, 9.17) is 23.4 Å². The van der Waals surface area contributed by atoms with Crippen LogP contribution in [0.1, 0.15) is 107 Å². The summed E-state index contributed by atoms with van der Waals surface area (Å²) in [4.78, 5) is 24.8. The molecule has 0 aromatic carbocycles. The van der Waals surface area contributed by atoms with Crippen molar-refractivity contribution < 1.29 is 33.0 Å². The Morgan fingerprint density at radius 2 is 1.55 bits per heavy atom. The summed E-state index contributed by atoms with van der Waals surface area (Å²) in [6, 6.07) is 0. The maximum atomic E-state index is 12.8. The van der Waals surface area contributed by atoms with Crippen LogP contribution < -0.4 is 0 Å². The highest BCUT2D eigenvalue weighted by Gasteiger charge is 2.76.